The van der Waals surface area contributed by atoms with Crippen LogP contribution in [0.15, 0.2) is 18.2 Å². The van der Waals surface area contributed by atoms with Crippen molar-refractivity contribution in [2.45, 2.75) is 18.5 Å². The monoisotopic (exact) mass is 249 g/mol. The van der Waals surface area contributed by atoms with Crippen LogP contribution in [0.2, 0.25) is 0 Å². The SMILES string of the molecule is COc1cc([N+](=O)[O-])ccc1N1CC2CC(C1)N2. The molecule has 0 amide bonds. The van der Waals surface area contributed by atoms with E-state index in [0.29, 0.717) is 17.8 Å². The van der Waals surface area contributed by atoms with Crippen LogP contribution in [0, 0.1) is 10.1 Å². The second-order valence-corrected chi connectivity index (χ2v) is 4.81. The normalized spacial score (nSPS) is 25.5. The van der Waals surface area contributed by atoms with Gasteiger partial charge in [-0.05, 0) is 12.5 Å². The van der Waals surface area contributed by atoms with Crippen LogP contribution >= 0.6 is 0 Å². The van der Waals surface area contributed by atoms with Crippen molar-refractivity contribution in [1.82, 2.24) is 5.32 Å². The molecule has 1 aromatic carbocycles. The van der Waals surface area contributed by atoms with Crippen LogP contribution in [0.1, 0.15) is 6.42 Å². The molecule has 4 rings (SSSR count). The minimum absolute atomic E-state index is 0.0656. The fourth-order valence-corrected chi connectivity index (χ4v) is 2.75. The van der Waals surface area contributed by atoms with Crippen LogP contribution in [-0.2, 0) is 0 Å². The number of nitro benzene ring substituents is 1. The zero-order valence-corrected chi connectivity index (χ0v) is 10.1. The minimum Gasteiger partial charge on any atom is -0.494 e. The number of benzene rings is 1. The molecular formula is C12H15N3O3. The van der Waals surface area contributed by atoms with Gasteiger partial charge in [0.05, 0.1) is 23.8 Å². The highest BCUT2D eigenvalue weighted by atomic mass is 16.6. The molecule has 0 aliphatic carbocycles. The molecule has 2 atom stereocenters. The van der Waals surface area contributed by atoms with E-state index in [9.17, 15) is 10.1 Å². The molecule has 0 aromatic heterocycles. The van der Waals surface area contributed by atoms with E-state index in [4.69, 9.17) is 4.74 Å². The maximum absolute atomic E-state index is 10.7. The largest absolute Gasteiger partial charge is 0.494 e. The topological polar surface area (TPSA) is 67.6 Å². The van der Waals surface area contributed by atoms with E-state index in [2.05, 4.69) is 10.2 Å². The van der Waals surface area contributed by atoms with Crippen molar-refractivity contribution in [3.63, 3.8) is 0 Å². The van der Waals surface area contributed by atoms with Crippen molar-refractivity contribution in [2.75, 3.05) is 25.1 Å². The second kappa shape index (κ2) is 4.13. The summed E-state index contributed by atoms with van der Waals surface area (Å²) in [5, 5.41) is 14.2. The van der Waals surface area contributed by atoms with Crippen LogP contribution in [0.3, 0.4) is 0 Å². The van der Waals surface area contributed by atoms with Crippen LogP contribution in [-0.4, -0.2) is 37.2 Å². The number of hydrogen-bond donors (Lipinski definition) is 1. The van der Waals surface area contributed by atoms with E-state index in [0.717, 1.165) is 18.8 Å². The van der Waals surface area contributed by atoms with E-state index in [1.54, 1.807) is 13.2 Å². The molecule has 3 aliphatic rings. The number of methoxy groups -OCH3 is 1. The number of rotatable bonds is 3. The van der Waals surface area contributed by atoms with Crippen LogP contribution < -0.4 is 15.0 Å². The lowest BCUT2D eigenvalue weighted by Crippen LogP contribution is -2.67. The standard InChI is InChI=1S/C12H15N3O3/c1-18-12-5-10(15(16)17)2-3-11(12)14-6-8-4-9(7-14)13-8/h2-3,5,8-9,13H,4,6-7H2,1H3. The highest BCUT2D eigenvalue weighted by Crippen LogP contribution is 2.35. The molecule has 96 valence electrons. The molecule has 0 radical (unpaired) electrons. The van der Waals surface area contributed by atoms with Gasteiger partial charge in [0.25, 0.3) is 5.69 Å². The Hall–Kier alpha value is -1.82. The van der Waals surface area contributed by atoms with E-state index in [1.807, 2.05) is 0 Å². The average Bonchev–Trinajstić information content (AvgIpc) is 2.37. The molecule has 3 fully saturated rings. The summed E-state index contributed by atoms with van der Waals surface area (Å²) in [5.41, 5.74) is 1.01. The Labute approximate surface area is 105 Å². The van der Waals surface area contributed by atoms with Crippen molar-refractivity contribution >= 4 is 11.4 Å². The Bertz CT molecular complexity index is 475. The van der Waals surface area contributed by atoms with Gasteiger partial charge in [0, 0.05) is 31.2 Å². The van der Waals surface area contributed by atoms with Crippen LogP contribution in [0.5, 0.6) is 5.75 Å². The third-order valence-electron chi connectivity index (χ3n) is 3.64. The van der Waals surface area contributed by atoms with Gasteiger partial charge < -0.3 is 15.0 Å². The summed E-state index contributed by atoms with van der Waals surface area (Å²) < 4.78 is 5.27. The molecule has 2 bridgehead atoms. The molecule has 0 spiro atoms. The molecule has 2 unspecified atom stereocenters. The summed E-state index contributed by atoms with van der Waals surface area (Å²) in [6.07, 6.45) is 1.23. The van der Waals surface area contributed by atoms with E-state index < -0.39 is 4.92 Å². The lowest BCUT2D eigenvalue weighted by Gasteiger charge is -2.49. The van der Waals surface area contributed by atoms with Gasteiger partial charge in [-0.2, -0.15) is 0 Å². The Balaban J connectivity index is 1.89. The molecule has 3 saturated heterocycles. The highest BCUT2D eigenvalue weighted by molar-refractivity contribution is 5.63. The van der Waals surface area contributed by atoms with Gasteiger partial charge in [0.2, 0.25) is 0 Å². The zero-order chi connectivity index (χ0) is 12.7. The lowest BCUT2D eigenvalue weighted by molar-refractivity contribution is -0.384. The van der Waals surface area contributed by atoms with Gasteiger partial charge in [-0.25, -0.2) is 0 Å². The number of nitrogens with one attached hydrogen (secondary N) is 1. The van der Waals surface area contributed by atoms with Gasteiger partial charge in [0.15, 0.2) is 0 Å². The van der Waals surface area contributed by atoms with Gasteiger partial charge in [0.1, 0.15) is 5.75 Å². The van der Waals surface area contributed by atoms with Crippen molar-refractivity contribution < 1.29 is 9.66 Å². The summed E-state index contributed by atoms with van der Waals surface area (Å²) in [6.45, 7) is 1.87. The summed E-state index contributed by atoms with van der Waals surface area (Å²) in [7, 11) is 1.55. The molecule has 6 nitrogen and oxygen atoms in total. The lowest BCUT2D eigenvalue weighted by atomic mass is 9.91. The number of piperidine rings is 1. The van der Waals surface area contributed by atoms with E-state index in [1.165, 1.54) is 18.6 Å². The Morgan fingerprint density at radius 2 is 2.11 bits per heavy atom. The van der Waals surface area contributed by atoms with Crippen molar-refractivity contribution in [2.24, 2.45) is 0 Å². The van der Waals surface area contributed by atoms with Crippen molar-refractivity contribution in [3.8, 4) is 5.75 Å². The molecule has 3 aliphatic heterocycles. The predicted molar refractivity (Wildman–Crippen MR) is 67.2 cm³/mol. The van der Waals surface area contributed by atoms with E-state index >= 15 is 0 Å². The number of non-ortho nitro benzene ring substituents is 1. The molecule has 3 heterocycles. The van der Waals surface area contributed by atoms with E-state index in [-0.39, 0.29) is 5.69 Å². The number of hydrogen-bond acceptors (Lipinski definition) is 5. The predicted octanol–water partition coefficient (Wildman–Crippen LogP) is 1.15. The first kappa shape index (κ1) is 11.3. The van der Waals surface area contributed by atoms with Crippen LogP contribution in [0.4, 0.5) is 11.4 Å². The molecular weight excluding hydrogens is 234 g/mol. The average molecular weight is 249 g/mol. The molecule has 1 aromatic rings. The Kier molecular flexibility index (Phi) is 2.59. The Morgan fingerprint density at radius 1 is 1.44 bits per heavy atom. The summed E-state index contributed by atoms with van der Waals surface area (Å²) >= 11 is 0. The van der Waals surface area contributed by atoms with Gasteiger partial charge in [-0.1, -0.05) is 0 Å². The maximum atomic E-state index is 10.7. The fourth-order valence-electron chi connectivity index (χ4n) is 2.75. The quantitative estimate of drug-likeness (QED) is 0.643. The van der Waals surface area contributed by atoms with Gasteiger partial charge in [-0.15, -0.1) is 0 Å². The third kappa shape index (κ3) is 1.78. The number of nitrogens with zero attached hydrogens (tertiary/aromatic N) is 2. The number of nitro groups is 1. The maximum Gasteiger partial charge on any atom is 0.273 e. The van der Waals surface area contributed by atoms with Crippen molar-refractivity contribution in [1.29, 1.82) is 0 Å². The van der Waals surface area contributed by atoms with Gasteiger partial charge in [-0.3, -0.25) is 10.1 Å². The first-order valence-corrected chi connectivity index (χ1v) is 6.01. The zero-order valence-electron chi connectivity index (χ0n) is 10.1. The summed E-state index contributed by atoms with van der Waals surface area (Å²) in [6, 6.07) is 5.89. The molecule has 1 N–H and O–H groups in total. The Morgan fingerprint density at radius 3 is 2.67 bits per heavy atom. The number of fused-ring (bicyclic) bond motifs is 2. The number of ether oxygens (including phenoxy) is 1. The van der Waals surface area contributed by atoms with Gasteiger partial charge >= 0.3 is 0 Å². The molecule has 18 heavy (non-hydrogen) atoms. The van der Waals surface area contributed by atoms with Crippen molar-refractivity contribution in [3.05, 3.63) is 28.3 Å². The fraction of sp³-hybridized carbons (Fsp3) is 0.500. The minimum atomic E-state index is -0.401. The molecule has 0 saturated carbocycles. The first-order valence-electron chi connectivity index (χ1n) is 6.01. The molecule has 6 heteroatoms. The smallest absolute Gasteiger partial charge is 0.273 e. The summed E-state index contributed by atoms with van der Waals surface area (Å²) in [5.74, 6) is 0.575. The highest BCUT2D eigenvalue weighted by Gasteiger charge is 2.37. The van der Waals surface area contributed by atoms with Crippen LogP contribution in [0.25, 0.3) is 0 Å². The first-order chi connectivity index (χ1) is 8.67. The second-order valence-electron chi connectivity index (χ2n) is 4.81. The summed E-state index contributed by atoms with van der Waals surface area (Å²) in [4.78, 5) is 12.6. The number of anilines is 1. The third-order valence-corrected chi connectivity index (χ3v) is 3.64. The number of piperazine rings is 1.